The Labute approximate surface area is 207 Å². The number of piperidine rings is 1. The Hall–Kier alpha value is -3.34. The molecule has 5 rings (SSSR count). The maximum atomic E-state index is 12.6. The third-order valence-electron chi connectivity index (χ3n) is 7.18. The van der Waals surface area contributed by atoms with E-state index in [0.29, 0.717) is 35.9 Å². The van der Waals surface area contributed by atoms with Crippen molar-refractivity contribution in [2.75, 3.05) is 36.4 Å². The van der Waals surface area contributed by atoms with Crippen molar-refractivity contribution in [1.82, 2.24) is 19.8 Å². The van der Waals surface area contributed by atoms with Gasteiger partial charge < -0.3 is 20.4 Å². The van der Waals surface area contributed by atoms with Gasteiger partial charge in [-0.25, -0.2) is 0 Å². The number of likely N-dealkylation sites (tertiary alicyclic amines) is 1. The molecule has 35 heavy (non-hydrogen) atoms. The van der Waals surface area contributed by atoms with E-state index in [0.717, 1.165) is 60.6 Å². The van der Waals surface area contributed by atoms with Crippen LogP contribution in [0.25, 0.3) is 0 Å². The number of aromatic nitrogens is 2. The Morgan fingerprint density at radius 2 is 1.91 bits per heavy atom. The van der Waals surface area contributed by atoms with E-state index in [1.165, 1.54) is 0 Å². The summed E-state index contributed by atoms with van der Waals surface area (Å²) in [6.45, 7) is 5.95. The second kappa shape index (κ2) is 9.37. The average molecular weight is 497 g/mol. The smallest absolute Gasteiger partial charge is 0.313 e. The van der Waals surface area contributed by atoms with Gasteiger partial charge in [0.2, 0.25) is 5.91 Å². The largest absolute Gasteiger partial charge is 0.348 e. The normalized spacial score (nSPS) is 19.5. The first-order valence-electron chi connectivity index (χ1n) is 12.0. The summed E-state index contributed by atoms with van der Waals surface area (Å²) in [5, 5.41) is 9.34. The molecule has 2 N–H and O–H groups in total. The molecule has 0 spiro atoms. The van der Waals surface area contributed by atoms with E-state index in [4.69, 9.17) is 0 Å². The molecule has 1 saturated heterocycles. The zero-order valence-corrected chi connectivity index (χ0v) is 20.6. The molecule has 0 unspecified atom stereocenters. The molecule has 3 aliphatic rings. The number of nitrogens with one attached hydrogen (secondary N) is 2. The minimum absolute atomic E-state index is 0.0492. The number of carbonyl (C=O) groups excluding carboxylic acids is 4. The molecule has 1 aromatic carbocycles. The summed E-state index contributed by atoms with van der Waals surface area (Å²) in [5.41, 5.74) is 4.11. The molecule has 0 saturated carbocycles. The number of carbonyl (C=O) groups is 4. The number of hydrogen-bond donors (Lipinski definition) is 2. The molecule has 4 amide bonds. The van der Waals surface area contributed by atoms with Crippen LogP contribution < -0.4 is 15.5 Å². The summed E-state index contributed by atoms with van der Waals surface area (Å²) < 4.78 is 3.83. The first kappa shape index (κ1) is 23.4. The van der Waals surface area contributed by atoms with Gasteiger partial charge in [0, 0.05) is 31.9 Å². The van der Waals surface area contributed by atoms with Crippen molar-refractivity contribution in [3.05, 3.63) is 33.8 Å². The summed E-state index contributed by atoms with van der Waals surface area (Å²) in [6, 6.07) is 3.68. The second-order valence-corrected chi connectivity index (χ2v) is 10.2. The molecule has 0 radical (unpaired) electrons. The van der Waals surface area contributed by atoms with Gasteiger partial charge in [-0.1, -0.05) is 4.49 Å². The number of anilines is 2. The Kier molecular flexibility index (Phi) is 6.26. The lowest BCUT2D eigenvalue weighted by molar-refractivity contribution is -0.136. The van der Waals surface area contributed by atoms with Crippen molar-refractivity contribution in [2.24, 2.45) is 5.92 Å². The predicted molar refractivity (Wildman–Crippen MR) is 130 cm³/mol. The highest BCUT2D eigenvalue weighted by Crippen LogP contribution is 2.44. The molecular weight excluding hydrogens is 468 g/mol. The lowest BCUT2D eigenvalue weighted by Gasteiger charge is -2.31. The van der Waals surface area contributed by atoms with Gasteiger partial charge in [-0.3, -0.25) is 19.2 Å². The van der Waals surface area contributed by atoms with E-state index in [-0.39, 0.29) is 23.7 Å². The third kappa shape index (κ3) is 4.40. The number of amides is 4. The van der Waals surface area contributed by atoms with E-state index < -0.39 is 11.8 Å². The molecule has 0 bridgehead atoms. The van der Waals surface area contributed by atoms with Crippen molar-refractivity contribution in [3.63, 3.8) is 0 Å². The van der Waals surface area contributed by atoms with Gasteiger partial charge in [0.25, 0.3) is 5.91 Å². The van der Waals surface area contributed by atoms with Crippen LogP contribution in [0.5, 0.6) is 0 Å². The van der Waals surface area contributed by atoms with Gasteiger partial charge in [0.1, 0.15) is 4.88 Å². The highest BCUT2D eigenvalue weighted by molar-refractivity contribution is 7.07. The molecule has 2 aromatic rings. The van der Waals surface area contributed by atoms with Crippen LogP contribution in [-0.4, -0.2) is 64.3 Å². The van der Waals surface area contributed by atoms with Crippen LogP contribution in [0, 0.1) is 12.8 Å². The number of aryl methyl sites for hydroxylation is 2. The zero-order chi connectivity index (χ0) is 24.7. The summed E-state index contributed by atoms with van der Waals surface area (Å²) in [7, 11) is 0. The van der Waals surface area contributed by atoms with E-state index in [9.17, 15) is 19.2 Å². The quantitative estimate of drug-likeness (QED) is 0.623. The topological polar surface area (TPSA) is 125 Å². The number of rotatable bonds is 4. The van der Waals surface area contributed by atoms with Crippen molar-refractivity contribution in [1.29, 1.82) is 0 Å². The van der Waals surface area contributed by atoms with E-state index in [1.807, 2.05) is 24.0 Å². The second-order valence-electron chi connectivity index (χ2n) is 9.48. The molecule has 4 heterocycles. The molecule has 10 nitrogen and oxygen atoms in total. The Morgan fingerprint density at radius 3 is 2.63 bits per heavy atom. The number of hydrogen-bond acceptors (Lipinski definition) is 7. The molecule has 1 fully saturated rings. The SMILES string of the molecule is Cc1nnsc1C(=O)N1CCC(CNC(=O)C(=O)Nc2cc3c4c(c2)[C@@H](C)C(=O)N4CCC3)CC1. The average Bonchev–Trinajstić information content (AvgIpc) is 3.40. The van der Waals surface area contributed by atoms with Crippen LogP contribution >= 0.6 is 11.5 Å². The first-order chi connectivity index (χ1) is 16.8. The van der Waals surface area contributed by atoms with Gasteiger partial charge in [0.15, 0.2) is 0 Å². The predicted octanol–water partition coefficient (Wildman–Crippen LogP) is 1.85. The van der Waals surface area contributed by atoms with E-state index in [2.05, 4.69) is 20.2 Å². The summed E-state index contributed by atoms with van der Waals surface area (Å²) in [4.78, 5) is 54.4. The van der Waals surface area contributed by atoms with Gasteiger partial charge >= 0.3 is 11.8 Å². The molecule has 1 aromatic heterocycles. The zero-order valence-electron chi connectivity index (χ0n) is 19.8. The first-order valence-corrected chi connectivity index (χ1v) is 12.8. The maximum absolute atomic E-state index is 12.6. The lowest BCUT2D eigenvalue weighted by atomic mass is 9.96. The van der Waals surface area contributed by atoms with Gasteiger partial charge in [-0.15, -0.1) is 5.10 Å². The van der Waals surface area contributed by atoms with Crippen LogP contribution in [-0.2, 0) is 20.8 Å². The maximum Gasteiger partial charge on any atom is 0.313 e. The fourth-order valence-electron chi connectivity index (χ4n) is 5.18. The lowest BCUT2D eigenvalue weighted by Crippen LogP contribution is -2.43. The minimum atomic E-state index is -0.720. The van der Waals surface area contributed by atoms with Crippen LogP contribution in [0.1, 0.15) is 58.6 Å². The van der Waals surface area contributed by atoms with Crippen LogP contribution in [0.2, 0.25) is 0 Å². The molecule has 3 aliphatic heterocycles. The number of benzene rings is 1. The van der Waals surface area contributed by atoms with Crippen molar-refractivity contribution in [2.45, 2.75) is 45.4 Å². The fourth-order valence-corrected chi connectivity index (χ4v) is 5.81. The monoisotopic (exact) mass is 496 g/mol. The van der Waals surface area contributed by atoms with Crippen molar-refractivity contribution in [3.8, 4) is 0 Å². The third-order valence-corrected chi connectivity index (χ3v) is 8.00. The van der Waals surface area contributed by atoms with Crippen LogP contribution in [0.3, 0.4) is 0 Å². The summed E-state index contributed by atoms with van der Waals surface area (Å²) in [5.74, 6) is -1.42. The van der Waals surface area contributed by atoms with Crippen LogP contribution in [0.4, 0.5) is 11.4 Å². The highest BCUT2D eigenvalue weighted by Gasteiger charge is 2.38. The van der Waals surface area contributed by atoms with Gasteiger partial charge in [-0.2, -0.15) is 0 Å². The van der Waals surface area contributed by atoms with Crippen molar-refractivity contribution < 1.29 is 19.2 Å². The van der Waals surface area contributed by atoms with Crippen molar-refractivity contribution >= 4 is 46.5 Å². The minimum Gasteiger partial charge on any atom is -0.348 e. The summed E-state index contributed by atoms with van der Waals surface area (Å²) >= 11 is 1.11. The molecular formula is C24H28N6O4S. The van der Waals surface area contributed by atoms with E-state index >= 15 is 0 Å². The Balaban J connectivity index is 1.13. The fraction of sp³-hybridized carbons (Fsp3) is 0.500. The Morgan fingerprint density at radius 1 is 1.14 bits per heavy atom. The van der Waals surface area contributed by atoms with Gasteiger partial charge in [-0.05, 0) is 80.2 Å². The summed E-state index contributed by atoms with van der Waals surface area (Å²) in [6.07, 6.45) is 3.22. The van der Waals surface area contributed by atoms with Gasteiger partial charge in [0.05, 0.1) is 17.3 Å². The standard InChI is InChI=1S/C24H28N6O4S/c1-13-18-11-17(10-16-4-3-7-30(19(16)18)23(13)33)26-22(32)21(31)25-12-15-5-8-29(9-6-15)24(34)20-14(2)27-28-35-20/h10-11,13,15H,3-9,12H2,1-2H3,(H,25,31)(H,26,32)/t13-/m1/s1. The highest BCUT2D eigenvalue weighted by atomic mass is 32.1. The Bertz CT molecular complexity index is 1200. The van der Waals surface area contributed by atoms with E-state index in [1.54, 1.807) is 11.8 Å². The van der Waals surface area contributed by atoms with Crippen LogP contribution in [0.15, 0.2) is 12.1 Å². The molecule has 184 valence electrons. The molecule has 0 aliphatic carbocycles. The molecule has 11 heteroatoms. The molecule has 1 atom stereocenters. The number of nitrogens with zero attached hydrogens (tertiary/aromatic N) is 4.